The quantitative estimate of drug-likeness (QED) is 0.698. The molecule has 1 atom stereocenters. The van der Waals surface area contributed by atoms with E-state index in [1.807, 2.05) is 0 Å². The first-order valence-electron chi connectivity index (χ1n) is 6.42. The van der Waals surface area contributed by atoms with E-state index in [9.17, 15) is 14.4 Å². The second-order valence-corrected chi connectivity index (χ2v) is 4.61. The van der Waals surface area contributed by atoms with E-state index in [1.165, 1.54) is 18.9 Å². The number of ether oxygens (including phenoxy) is 2. The van der Waals surface area contributed by atoms with Crippen LogP contribution in [0.4, 0.5) is 0 Å². The van der Waals surface area contributed by atoms with E-state index in [0.717, 1.165) is 0 Å². The van der Waals surface area contributed by atoms with E-state index in [-0.39, 0.29) is 24.1 Å². The number of aromatic nitrogens is 3. The molecule has 1 fully saturated rings. The molecule has 2 heterocycles. The maximum atomic E-state index is 11.6. The van der Waals surface area contributed by atoms with Crippen LogP contribution in [0.5, 0.6) is 0 Å². The maximum Gasteiger partial charge on any atom is 0.360 e. The number of hydrogen-bond donors (Lipinski definition) is 1. The molecule has 0 radical (unpaired) electrons. The summed E-state index contributed by atoms with van der Waals surface area (Å²) >= 11 is 0. The molecule has 9 nitrogen and oxygen atoms in total. The van der Waals surface area contributed by atoms with Crippen LogP contribution in [0.25, 0.3) is 0 Å². The summed E-state index contributed by atoms with van der Waals surface area (Å²) in [5.41, 5.74) is 0.294. The fraction of sp³-hybridized carbons (Fsp3) is 0.583. The van der Waals surface area contributed by atoms with Crippen LogP contribution in [0.2, 0.25) is 0 Å². The molecular formula is C12H16N4O5. The molecule has 1 aliphatic rings. The second kappa shape index (κ2) is 6.33. The summed E-state index contributed by atoms with van der Waals surface area (Å²) in [5.74, 6) is -1.21. The lowest BCUT2D eigenvalue weighted by atomic mass is 10.2. The first-order valence-corrected chi connectivity index (χ1v) is 6.42. The number of esters is 2. The van der Waals surface area contributed by atoms with Gasteiger partial charge in [-0.05, 0) is 6.42 Å². The van der Waals surface area contributed by atoms with Crippen molar-refractivity contribution in [1.29, 1.82) is 0 Å². The van der Waals surface area contributed by atoms with Crippen molar-refractivity contribution < 1.29 is 23.9 Å². The number of nitrogens with zero attached hydrogens (tertiary/aromatic N) is 3. The van der Waals surface area contributed by atoms with Crippen LogP contribution >= 0.6 is 0 Å². The number of nitrogens with one attached hydrogen (secondary N) is 1. The summed E-state index contributed by atoms with van der Waals surface area (Å²) in [5, 5.41) is 10.4. The van der Waals surface area contributed by atoms with Crippen LogP contribution in [-0.2, 0) is 32.0 Å². The average molecular weight is 296 g/mol. The summed E-state index contributed by atoms with van der Waals surface area (Å²) in [7, 11) is 2.48. The van der Waals surface area contributed by atoms with Crippen molar-refractivity contribution >= 4 is 17.8 Å². The molecule has 114 valence electrons. The van der Waals surface area contributed by atoms with Crippen molar-refractivity contribution in [3.63, 3.8) is 0 Å². The second-order valence-electron chi connectivity index (χ2n) is 4.61. The Kier molecular flexibility index (Phi) is 4.51. The van der Waals surface area contributed by atoms with Gasteiger partial charge in [0.1, 0.15) is 0 Å². The van der Waals surface area contributed by atoms with Crippen molar-refractivity contribution in [2.24, 2.45) is 0 Å². The third-order valence-electron chi connectivity index (χ3n) is 3.23. The van der Waals surface area contributed by atoms with Crippen molar-refractivity contribution in [3.05, 3.63) is 11.4 Å². The van der Waals surface area contributed by atoms with Gasteiger partial charge < -0.3 is 14.8 Å². The molecule has 1 saturated heterocycles. The van der Waals surface area contributed by atoms with E-state index in [1.54, 1.807) is 0 Å². The van der Waals surface area contributed by atoms with Gasteiger partial charge in [-0.2, -0.15) is 0 Å². The number of amides is 1. The number of carbonyl (C=O) groups excluding carboxylic acids is 3. The summed E-state index contributed by atoms with van der Waals surface area (Å²) in [6.45, 7) is 0.335. The minimum atomic E-state index is -0.671. The largest absolute Gasteiger partial charge is 0.469 e. The van der Waals surface area contributed by atoms with Crippen LogP contribution in [0.1, 0.15) is 29.0 Å². The Morgan fingerprint density at radius 1 is 1.38 bits per heavy atom. The molecule has 0 aromatic carbocycles. The fourth-order valence-electron chi connectivity index (χ4n) is 2.14. The molecule has 0 spiro atoms. The Labute approximate surface area is 120 Å². The minimum absolute atomic E-state index is 0.0211. The molecule has 1 unspecified atom stereocenters. The number of carbonyl (C=O) groups is 3. The zero-order chi connectivity index (χ0) is 15.4. The number of rotatable bonds is 5. The summed E-state index contributed by atoms with van der Waals surface area (Å²) in [4.78, 5) is 34.3. The Hall–Kier alpha value is -2.45. The maximum absolute atomic E-state index is 11.6. The van der Waals surface area contributed by atoms with E-state index < -0.39 is 11.9 Å². The Balaban J connectivity index is 2.23. The highest BCUT2D eigenvalue weighted by atomic mass is 16.5. The molecule has 1 aromatic heterocycles. The van der Waals surface area contributed by atoms with E-state index in [2.05, 4.69) is 25.1 Å². The van der Waals surface area contributed by atoms with Gasteiger partial charge in [-0.15, -0.1) is 5.10 Å². The monoisotopic (exact) mass is 296 g/mol. The van der Waals surface area contributed by atoms with E-state index in [4.69, 9.17) is 0 Å². The van der Waals surface area contributed by atoms with Crippen LogP contribution in [0, 0.1) is 0 Å². The summed E-state index contributed by atoms with van der Waals surface area (Å²) in [6.07, 6.45) is 0.980. The molecule has 1 aliphatic heterocycles. The molecular weight excluding hydrogens is 280 g/mol. The van der Waals surface area contributed by atoms with Gasteiger partial charge in [-0.25, -0.2) is 9.48 Å². The molecule has 0 aliphatic carbocycles. The van der Waals surface area contributed by atoms with Gasteiger partial charge >= 0.3 is 11.9 Å². The van der Waals surface area contributed by atoms with Gasteiger partial charge in [0.2, 0.25) is 5.91 Å². The molecule has 21 heavy (non-hydrogen) atoms. The third kappa shape index (κ3) is 3.36. The van der Waals surface area contributed by atoms with Gasteiger partial charge in [-0.3, -0.25) is 9.59 Å². The van der Waals surface area contributed by atoms with Crippen molar-refractivity contribution in [2.75, 3.05) is 14.2 Å². The fourth-order valence-corrected chi connectivity index (χ4v) is 2.14. The van der Waals surface area contributed by atoms with E-state index in [0.29, 0.717) is 25.1 Å². The molecule has 2 rings (SSSR count). The average Bonchev–Trinajstić information content (AvgIpc) is 3.05. The number of methoxy groups -OCH3 is 2. The number of hydrogen-bond acceptors (Lipinski definition) is 7. The predicted octanol–water partition coefficient (Wildman–Crippen LogP) is -0.941. The van der Waals surface area contributed by atoms with Crippen LogP contribution in [0.3, 0.4) is 0 Å². The molecule has 1 aromatic rings. The zero-order valence-electron chi connectivity index (χ0n) is 11.8. The molecule has 0 saturated carbocycles. The predicted molar refractivity (Wildman–Crippen MR) is 68.2 cm³/mol. The van der Waals surface area contributed by atoms with Crippen molar-refractivity contribution in [2.45, 2.75) is 31.8 Å². The Morgan fingerprint density at radius 3 is 2.71 bits per heavy atom. The van der Waals surface area contributed by atoms with Gasteiger partial charge in [0.15, 0.2) is 5.69 Å². The standard InChI is InChI=1S/C12H16N4O5/c1-20-10(18)5-8-11(12(19)21-2)14-15-16(8)6-7-3-4-9(17)13-7/h7H,3-6H2,1-2H3,(H,13,17). The first kappa shape index (κ1) is 14.9. The van der Waals surface area contributed by atoms with E-state index >= 15 is 0 Å². The smallest absolute Gasteiger partial charge is 0.360 e. The van der Waals surface area contributed by atoms with Gasteiger partial charge in [0.05, 0.1) is 32.9 Å². The van der Waals surface area contributed by atoms with Crippen molar-refractivity contribution in [1.82, 2.24) is 20.3 Å². The van der Waals surface area contributed by atoms with Crippen LogP contribution in [0.15, 0.2) is 0 Å². The third-order valence-corrected chi connectivity index (χ3v) is 3.23. The molecule has 1 N–H and O–H groups in total. The van der Waals surface area contributed by atoms with Crippen LogP contribution in [-0.4, -0.2) is 53.1 Å². The highest BCUT2D eigenvalue weighted by molar-refractivity contribution is 5.89. The lowest BCUT2D eigenvalue weighted by Crippen LogP contribution is -2.31. The summed E-state index contributed by atoms with van der Waals surface area (Å²) in [6, 6.07) is -0.0962. The summed E-state index contributed by atoms with van der Waals surface area (Å²) < 4.78 is 10.7. The first-order chi connectivity index (χ1) is 10.0. The molecule has 1 amide bonds. The Morgan fingerprint density at radius 2 is 2.14 bits per heavy atom. The van der Waals surface area contributed by atoms with Gasteiger partial charge in [-0.1, -0.05) is 5.21 Å². The SMILES string of the molecule is COC(=O)Cc1c(C(=O)OC)nnn1CC1CCC(=O)N1. The normalized spacial score (nSPS) is 17.4. The van der Waals surface area contributed by atoms with Gasteiger partial charge in [0, 0.05) is 12.5 Å². The Bertz CT molecular complexity index is 568. The van der Waals surface area contributed by atoms with Crippen LogP contribution < -0.4 is 5.32 Å². The minimum Gasteiger partial charge on any atom is -0.469 e. The van der Waals surface area contributed by atoms with Gasteiger partial charge in [0.25, 0.3) is 0 Å². The highest BCUT2D eigenvalue weighted by Crippen LogP contribution is 2.13. The van der Waals surface area contributed by atoms with Crippen molar-refractivity contribution in [3.8, 4) is 0 Å². The zero-order valence-corrected chi connectivity index (χ0v) is 11.8. The lowest BCUT2D eigenvalue weighted by Gasteiger charge is -2.12. The molecule has 9 heteroatoms. The lowest BCUT2D eigenvalue weighted by molar-refractivity contribution is -0.139. The molecule has 0 bridgehead atoms. The highest BCUT2D eigenvalue weighted by Gasteiger charge is 2.27. The topological polar surface area (TPSA) is 112 Å².